The molecule has 0 amide bonds. The summed E-state index contributed by atoms with van der Waals surface area (Å²) in [5.41, 5.74) is 6.81. The van der Waals surface area contributed by atoms with Crippen LogP contribution in [0.15, 0.2) is 18.2 Å². The van der Waals surface area contributed by atoms with Gasteiger partial charge in [0.25, 0.3) is 0 Å². The van der Waals surface area contributed by atoms with Crippen molar-refractivity contribution in [2.75, 3.05) is 33.4 Å². The van der Waals surface area contributed by atoms with E-state index in [1.165, 1.54) is 5.56 Å². The number of ether oxygens (including phenoxy) is 2. The van der Waals surface area contributed by atoms with Gasteiger partial charge in [-0.05, 0) is 17.7 Å². The Labute approximate surface area is 125 Å². The lowest BCUT2D eigenvalue weighted by molar-refractivity contribution is -0.0260. The molecule has 0 radical (unpaired) electrons. The lowest BCUT2D eigenvalue weighted by Crippen LogP contribution is -2.45. The van der Waals surface area contributed by atoms with Gasteiger partial charge >= 0.3 is 0 Å². The second kappa shape index (κ2) is 7.92. The summed E-state index contributed by atoms with van der Waals surface area (Å²) in [6.45, 7) is 3.98. The lowest BCUT2D eigenvalue weighted by atomic mass is 10.2. The van der Waals surface area contributed by atoms with Crippen LogP contribution in [0.2, 0.25) is 5.02 Å². The molecular weight excluding hydrogens is 287 g/mol. The van der Waals surface area contributed by atoms with E-state index in [1.807, 2.05) is 18.2 Å². The van der Waals surface area contributed by atoms with Crippen LogP contribution in [-0.2, 0) is 11.3 Å². The number of morpholine rings is 1. The molecule has 0 bridgehead atoms. The highest BCUT2D eigenvalue weighted by molar-refractivity contribution is 6.32. The molecule has 0 aliphatic carbocycles. The average molecular weight is 307 g/mol. The molecule has 1 aliphatic heterocycles. The molecule has 1 aliphatic rings. The molecule has 1 unspecified atom stereocenters. The van der Waals surface area contributed by atoms with Crippen molar-refractivity contribution in [1.29, 1.82) is 0 Å². The standard InChI is InChI=1S/C13H19ClN2O2.ClH/c1-17-13-3-2-10(6-12(13)14)8-16-4-5-18-11(7-15)9-16;/h2-3,6,11H,4-5,7-9,15H2,1H3;1H. The maximum atomic E-state index is 6.11. The summed E-state index contributed by atoms with van der Waals surface area (Å²) >= 11 is 6.11. The van der Waals surface area contributed by atoms with Gasteiger partial charge in [-0.15, -0.1) is 12.4 Å². The number of hydrogen-bond donors (Lipinski definition) is 1. The molecular formula is C13H20Cl2N2O2. The Morgan fingerprint density at radius 3 is 2.95 bits per heavy atom. The van der Waals surface area contributed by atoms with Crippen LogP contribution >= 0.6 is 24.0 Å². The molecule has 0 aromatic heterocycles. The first-order chi connectivity index (χ1) is 8.72. The predicted octanol–water partition coefficient (Wildman–Crippen LogP) is 1.93. The molecule has 4 nitrogen and oxygen atoms in total. The normalized spacial score (nSPS) is 19.8. The van der Waals surface area contributed by atoms with Gasteiger partial charge in [0, 0.05) is 26.2 Å². The van der Waals surface area contributed by atoms with Crippen LogP contribution in [0.5, 0.6) is 5.75 Å². The van der Waals surface area contributed by atoms with E-state index in [0.717, 1.165) is 26.2 Å². The van der Waals surface area contributed by atoms with Crippen molar-refractivity contribution < 1.29 is 9.47 Å². The van der Waals surface area contributed by atoms with Gasteiger partial charge in [0.15, 0.2) is 0 Å². The van der Waals surface area contributed by atoms with E-state index in [9.17, 15) is 0 Å². The molecule has 2 N–H and O–H groups in total. The second-order valence-electron chi connectivity index (χ2n) is 4.43. The van der Waals surface area contributed by atoms with Gasteiger partial charge in [0.2, 0.25) is 0 Å². The van der Waals surface area contributed by atoms with Crippen molar-refractivity contribution in [3.8, 4) is 5.75 Å². The number of methoxy groups -OCH3 is 1. The van der Waals surface area contributed by atoms with Crippen molar-refractivity contribution in [3.05, 3.63) is 28.8 Å². The SMILES string of the molecule is COc1ccc(CN2CCOC(CN)C2)cc1Cl.Cl. The minimum Gasteiger partial charge on any atom is -0.495 e. The number of nitrogens with zero attached hydrogens (tertiary/aromatic N) is 1. The van der Waals surface area contributed by atoms with Crippen LogP contribution in [0.25, 0.3) is 0 Å². The molecule has 1 aromatic rings. The Morgan fingerprint density at radius 2 is 2.32 bits per heavy atom. The van der Waals surface area contributed by atoms with Crippen LogP contribution < -0.4 is 10.5 Å². The summed E-state index contributed by atoms with van der Waals surface area (Å²) in [6, 6.07) is 5.89. The number of nitrogens with two attached hydrogens (primary N) is 1. The molecule has 0 saturated carbocycles. The Bertz CT molecular complexity index is 404. The maximum Gasteiger partial charge on any atom is 0.137 e. The fraction of sp³-hybridized carbons (Fsp3) is 0.538. The highest BCUT2D eigenvalue weighted by Gasteiger charge is 2.19. The Hall–Kier alpha value is -0.520. The fourth-order valence-corrected chi connectivity index (χ4v) is 2.41. The average Bonchev–Trinajstić information content (AvgIpc) is 2.39. The van der Waals surface area contributed by atoms with E-state index in [4.69, 9.17) is 26.8 Å². The fourth-order valence-electron chi connectivity index (χ4n) is 2.13. The summed E-state index contributed by atoms with van der Waals surface area (Å²) in [5, 5.41) is 0.652. The van der Waals surface area contributed by atoms with E-state index >= 15 is 0 Å². The molecule has 0 spiro atoms. The predicted molar refractivity (Wildman–Crippen MR) is 79.3 cm³/mol. The minimum absolute atomic E-state index is 0. The Morgan fingerprint density at radius 1 is 1.53 bits per heavy atom. The molecule has 1 atom stereocenters. The first-order valence-corrected chi connectivity index (χ1v) is 6.47. The topological polar surface area (TPSA) is 47.7 Å². The van der Waals surface area contributed by atoms with Crippen molar-refractivity contribution in [3.63, 3.8) is 0 Å². The molecule has 108 valence electrons. The first kappa shape index (κ1) is 16.5. The third kappa shape index (κ3) is 4.51. The summed E-state index contributed by atoms with van der Waals surface area (Å²) in [7, 11) is 1.62. The summed E-state index contributed by atoms with van der Waals surface area (Å²) < 4.78 is 10.7. The van der Waals surface area contributed by atoms with Crippen LogP contribution in [0.1, 0.15) is 5.56 Å². The zero-order chi connectivity index (χ0) is 13.0. The van der Waals surface area contributed by atoms with Gasteiger partial charge in [0.1, 0.15) is 5.75 Å². The monoisotopic (exact) mass is 306 g/mol. The Kier molecular flexibility index (Phi) is 6.89. The van der Waals surface area contributed by atoms with E-state index in [-0.39, 0.29) is 18.5 Å². The van der Waals surface area contributed by atoms with Gasteiger partial charge in [0.05, 0.1) is 24.8 Å². The zero-order valence-electron chi connectivity index (χ0n) is 11.0. The van der Waals surface area contributed by atoms with Crippen molar-refractivity contribution >= 4 is 24.0 Å². The quantitative estimate of drug-likeness (QED) is 0.923. The number of halogens is 2. The summed E-state index contributed by atoms with van der Waals surface area (Å²) in [6.07, 6.45) is 0.146. The van der Waals surface area contributed by atoms with E-state index in [0.29, 0.717) is 17.3 Å². The van der Waals surface area contributed by atoms with Gasteiger partial charge in [-0.2, -0.15) is 0 Å². The third-order valence-electron chi connectivity index (χ3n) is 3.11. The third-order valence-corrected chi connectivity index (χ3v) is 3.40. The van der Waals surface area contributed by atoms with Gasteiger partial charge in [-0.3, -0.25) is 4.90 Å². The number of benzene rings is 1. The zero-order valence-corrected chi connectivity index (χ0v) is 12.5. The number of hydrogen-bond acceptors (Lipinski definition) is 4. The van der Waals surface area contributed by atoms with Gasteiger partial charge in [-0.25, -0.2) is 0 Å². The van der Waals surface area contributed by atoms with Crippen LogP contribution in [0.4, 0.5) is 0 Å². The second-order valence-corrected chi connectivity index (χ2v) is 4.84. The largest absolute Gasteiger partial charge is 0.495 e. The van der Waals surface area contributed by atoms with E-state index in [2.05, 4.69) is 4.90 Å². The van der Waals surface area contributed by atoms with Gasteiger partial charge < -0.3 is 15.2 Å². The number of rotatable bonds is 4. The maximum absolute atomic E-state index is 6.11. The Balaban J connectivity index is 0.00000180. The van der Waals surface area contributed by atoms with Crippen LogP contribution in [-0.4, -0.2) is 44.4 Å². The summed E-state index contributed by atoms with van der Waals surface area (Å²) in [4.78, 5) is 2.33. The van der Waals surface area contributed by atoms with Gasteiger partial charge in [-0.1, -0.05) is 17.7 Å². The lowest BCUT2D eigenvalue weighted by Gasteiger charge is -2.32. The smallest absolute Gasteiger partial charge is 0.137 e. The molecule has 1 saturated heterocycles. The van der Waals surface area contributed by atoms with Crippen molar-refractivity contribution in [2.24, 2.45) is 5.73 Å². The van der Waals surface area contributed by atoms with Crippen molar-refractivity contribution in [2.45, 2.75) is 12.6 Å². The molecule has 6 heteroatoms. The van der Waals surface area contributed by atoms with E-state index < -0.39 is 0 Å². The summed E-state index contributed by atoms with van der Waals surface area (Å²) in [5.74, 6) is 0.710. The van der Waals surface area contributed by atoms with Crippen molar-refractivity contribution in [1.82, 2.24) is 4.90 Å². The highest BCUT2D eigenvalue weighted by atomic mass is 35.5. The molecule has 1 fully saturated rings. The molecule has 19 heavy (non-hydrogen) atoms. The molecule has 1 heterocycles. The molecule has 2 rings (SSSR count). The minimum atomic E-state index is 0. The van der Waals surface area contributed by atoms with E-state index in [1.54, 1.807) is 7.11 Å². The van der Waals surface area contributed by atoms with Crippen LogP contribution in [0.3, 0.4) is 0 Å². The molecule has 1 aromatic carbocycles. The first-order valence-electron chi connectivity index (χ1n) is 6.09. The highest BCUT2D eigenvalue weighted by Crippen LogP contribution is 2.25. The van der Waals surface area contributed by atoms with Crippen LogP contribution in [0, 0.1) is 0 Å².